The lowest BCUT2D eigenvalue weighted by atomic mass is 10.2. The molecular weight excluding hydrogens is 282 g/mol. The van der Waals surface area contributed by atoms with Gasteiger partial charge in [0.05, 0.1) is 20.3 Å². The van der Waals surface area contributed by atoms with Crippen LogP contribution in [0.4, 0.5) is 0 Å². The fourth-order valence-corrected chi connectivity index (χ4v) is 2.21. The molecule has 0 aliphatic carbocycles. The number of aliphatic hydroxyl groups is 1. The Morgan fingerprint density at radius 2 is 2.18 bits per heavy atom. The SMILES string of the molecule is COc1ccc(Br)cc1Cn1cccc1CO. The maximum absolute atomic E-state index is 9.21. The number of benzene rings is 1. The predicted molar refractivity (Wildman–Crippen MR) is 70.2 cm³/mol. The summed E-state index contributed by atoms with van der Waals surface area (Å²) in [5.74, 6) is 0.853. The van der Waals surface area contributed by atoms with Crippen LogP contribution in [0, 0.1) is 0 Å². The molecule has 0 fully saturated rings. The number of aromatic nitrogens is 1. The first-order valence-electron chi connectivity index (χ1n) is 5.32. The smallest absolute Gasteiger partial charge is 0.123 e. The molecule has 0 amide bonds. The summed E-state index contributed by atoms with van der Waals surface area (Å²) >= 11 is 3.45. The highest BCUT2D eigenvalue weighted by atomic mass is 79.9. The molecule has 1 N–H and O–H groups in total. The van der Waals surface area contributed by atoms with Crippen LogP contribution in [-0.4, -0.2) is 16.8 Å². The Kier molecular flexibility index (Phi) is 3.86. The van der Waals surface area contributed by atoms with Crippen LogP contribution in [-0.2, 0) is 13.2 Å². The maximum Gasteiger partial charge on any atom is 0.123 e. The van der Waals surface area contributed by atoms with Gasteiger partial charge >= 0.3 is 0 Å². The summed E-state index contributed by atoms with van der Waals surface area (Å²) in [5.41, 5.74) is 1.97. The van der Waals surface area contributed by atoms with Gasteiger partial charge in [0, 0.05) is 21.9 Å². The highest BCUT2D eigenvalue weighted by molar-refractivity contribution is 9.10. The molecule has 0 bridgehead atoms. The lowest BCUT2D eigenvalue weighted by molar-refractivity contribution is 0.271. The average molecular weight is 296 g/mol. The molecule has 1 aromatic carbocycles. The molecule has 0 aliphatic heterocycles. The molecule has 0 saturated carbocycles. The summed E-state index contributed by atoms with van der Waals surface area (Å²) in [6.45, 7) is 0.731. The lowest BCUT2D eigenvalue weighted by Crippen LogP contribution is -2.04. The van der Waals surface area contributed by atoms with Gasteiger partial charge in [-0.2, -0.15) is 0 Å². The summed E-state index contributed by atoms with van der Waals surface area (Å²) in [4.78, 5) is 0. The quantitative estimate of drug-likeness (QED) is 0.941. The van der Waals surface area contributed by atoms with Gasteiger partial charge in [-0.25, -0.2) is 0 Å². The van der Waals surface area contributed by atoms with Crippen molar-refractivity contribution < 1.29 is 9.84 Å². The van der Waals surface area contributed by atoms with E-state index in [2.05, 4.69) is 15.9 Å². The number of halogens is 1. The number of nitrogens with zero attached hydrogens (tertiary/aromatic N) is 1. The molecule has 1 heterocycles. The van der Waals surface area contributed by atoms with Crippen molar-refractivity contribution in [3.63, 3.8) is 0 Å². The van der Waals surface area contributed by atoms with E-state index in [1.165, 1.54) is 0 Å². The van der Waals surface area contributed by atoms with Gasteiger partial charge in [-0.05, 0) is 30.3 Å². The molecule has 1 aromatic heterocycles. The van der Waals surface area contributed by atoms with E-state index in [1.807, 2.05) is 41.1 Å². The summed E-state index contributed by atoms with van der Waals surface area (Å²) in [7, 11) is 1.66. The van der Waals surface area contributed by atoms with Crippen LogP contribution in [0.5, 0.6) is 5.75 Å². The summed E-state index contributed by atoms with van der Waals surface area (Å²) in [5, 5.41) is 9.21. The molecule has 0 spiro atoms. The zero-order valence-electron chi connectivity index (χ0n) is 9.56. The molecule has 0 unspecified atom stereocenters. The Morgan fingerprint density at radius 3 is 2.88 bits per heavy atom. The van der Waals surface area contributed by atoms with Gasteiger partial charge in [-0.3, -0.25) is 0 Å². The average Bonchev–Trinajstić information content (AvgIpc) is 2.77. The molecule has 3 nitrogen and oxygen atoms in total. The largest absolute Gasteiger partial charge is 0.496 e. The molecule has 0 atom stereocenters. The first kappa shape index (κ1) is 12.2. The number of ether oxygens (including phenoxy) is 1. The number of aliphatic hydroxyl groups excluding tert-OH is 1. The topological polar surface area (TPSA) is 34.4 Å². The van der Waals surface area contributed by atoms with Crippen LogP contribution < -0.4 is 4.74 Å². The highest BCUT2D eigenvalue weighted by Gasteiger charge is 2.06. The van der Waals surface area contributed by atoms with Crippen LogP contribution in [0.2, 0.25) is 0 Å². The van der Waals surface area contributed by atoms with Crippen molar-refractivity contribution in [1.82, 2.24) is 4.57 Å². The number of hydrogen-bond acceptors (Lipinski definition) is 2. The Labute approximate surface area is 109 Å². The van der Waals surface area contributed by atoms with E-state index >= 15 is 0 Å². The van der Waals surface area contributed by atoms with E-state index in [1.54, 1.807) is 7.11 Å². The molecule has 2 aromatic rings. The number of hydrogen-bond donors (Lipinski definition) is 1. The summed E-state index contributed by atoms with van der Waals surface area (Å²) in [6, 6.07) is 9.74. The third-order valence-corrected chi connectivity index (χ3v) is 3.16. The number of methoxy groups -OCH3 is 1. The zero-order valence-corrected chi connectivity index (χ0v) is 11.1. The van der Waals surface area contributed by atoms with Crippen molar-refractivity contribution in [3.8, 4) is 5.75 Å². The van der Waals surface area contributed by atoms with Crippen molar-refractivity contribution in [3.05, 3.63) is 52.3 Å². The molecular formula is C13H14BrNO2. The van der Waals surface area contributed by atoms with E-state index in [9.17, 15) is 5.11 Å². The van der Waals surface area contributed by atoms with Crippen molar-refractivity contribution >= 4 is 15.9 Å². The van der Waals surface area contributed by atoms with Gasteiger partial charge < -0.3 is 14.4 Å². The van der Waals surface area contributed by atoms with Crippen LogP contribution >= 0.6 is 15.9 Å². The predicted octanol–water partition coefficient (Wildman–Crippen LogP) is 2.80. The van der Waals surface area contributed by atoms with Gasteiger partial charge in [-0.15, -0.1) is 0 Å². The molecule has 90 valence electrons. The Hall–Kier alpha value is -1.26. The van der Waals surface area contributed by atoms with Crippen molar-refractivity contribution in [2.75, 3.05) is 7.11 Å². The Morgan fingerprint density at radius 1 is 1.35 bits per heavy atom. The van der Waals surface area contributed by atoms with E-state index in [0.29, 0.717) is 6.54 Å². The minimum atomic E-state index is 0.0450. The second-order valence-corrected chi connectivity index (χ2v) is 4.66. The third-order valence-electron chi connectivity index (χ3n) is 2.67. The molecule has 4 heteroatoms. The molecule has 0 radical (unpaired) electrons. The van der Waals surface area contributed by atoms with Crippen LogP contribution in [0.3, 0.4) is 0 Å². The summed E-state index contributed by atoms with van der Waals surface area (Å²) < 4.78 is 8.35. The Balaban J connectivity index is 2.32. The summed E-state index contributed by atoms with van der Waals surface area (Å²) in [6.07, 6.45) is 1.95. The zero-order chi connectivity index (χ0) is 12.3. The highest BCUT2D eigenvalue weighted by Crippen LogP contribution is 2.24. The Bertz CT molecular complexity index is 508. The van der Waals surface area contributed by atoms with E-state index in [-0.39, 0.29) is 6.61 Å². The maximum atomic E-state index is 9.21. The monoisotopic (exact) mass is 295 g/mol. The van der Waals surface area contributed by atoms with Gasteiger partial charge in [-0.1, -0.05) is 15.9 Å². The first-order valence-corrected chi connectivity index (χ1v) is 6.11. The van der Waals surface area contributed by atoms with E-state index < -0.39 is 0 Å². The standard InChI is InChI=1S/C13H14BrNO2/c1-17-13-5-4-11(14)7-10(13)8-15-6-2-3-12(15)9-16/h2-7,16H,8-9H2,1H3. The fraction of sp³-hybridized carbons (Fsp3) is 0.231. The van der Waals surface area contributed by atoms with Gasteiger partial charge in [0.15, 0.2) is 0 Å². The van der Waals surface area contributed by atoms with Crippen molar-refractivity contribution in [2.45, 2.75) is 13.2 Å². The van der Waals surface area contributed by atoms with Gasteiger partial charge in [0.2, 0.25) is 0 Å². The van der Waals surface area contributed by atoms with Crippen molar-refractivity contribution in [1.29, 1.82) is 0 Å². The second-order valence-electron chi connectivity index (χ2n) is 3.74. The van der Waals surface area contributed by atoms with E-state index in [4.69, 9.17) is 4.74 Å². The lowest BCUT2D eigenvalue weighted by Gasteiger charge is -2.12. The molecule has 17 heavy (non-hydrogen) atoms. The van der Waals surface area contributed by atoms with Crippen molar-refractivity contribution in [2.24, 2.45) is 0 Å². The molecule has 2 rings (SSSR count). The van der Waals surface area contributed by atoms with Crippen LogP contribution in [0.15, 0.2) is 41.0 Å². The molecule has 0 saturated heterocycles. The molecule has 0 aliphatic rings. The normalized spacial score (nSPS) is 10.5. The number of rotatable bonds is 4. The first-order chi connectivity index (χ1) is 8.24. The van der Waals surface area contributed by atoms with Crippen LogP contribution in [0.25, 0.3) is 0 Å². The van der Waals surface area contributed by atoms with Gasteiger partial charge in [0.1, 0.15) is 5.75 Å². The third kappa shape index (κ3) is 2.70. The van der Waals surface area contributed by atoms with Gasteiger partial charge in [0.25, 0.3) is 0 Å². The van der Waals surface area contributed by atoms with E-state index in [0.717, 1.165) is 21.5 Å². The minimum absolute atomic E-state index is 0.0450. The minimum Gasteiger partial charge on any atom is -0.496 e. The van der Waals surface area contributed by atoms with Crippen LogP contribution in [0.1, 0.15) is 11.3 Å². The second kappa shape index (κ2) is 5.38. The fourth-order valence-electron chi connectivity index (χ4n) is 1.80.